The van der Waals surface area contributed by atoms with Crippen molar-refractivity contribution in [1.82, 2.24) is 4.72 Å². The van der Waals surface area contributed by atoms with Gasteiger partial charge in [-0.3, -0.25) is 0 Å². The molecule has 1 saturated carbocycles. The first-order valence-electron chi connectivity index (χ1n) is 6.03. The first-order valence-corrected chi connectivity index (χ1v) is 8.27. The number of aliphatic hydroxyl groups is 1. The minimum absolute atomic E-state index is 0.0244. The summed E-state index contributed by atoms with van der Waals surface area (Å²) < 4.78 is 27.3. The molecule has 0 aromatic heterocycles. The van der Waals surface area contributed by atoms with E-state index in [4.69, 9.17) is 23.2 Å². The smallest absolute Gasteiger partial charge is 0.243 e. The maximum atomic E-state index is 12.3. The summed E-state index contributed by atoms with van der Waals surface area (Å²) in [4.78, 5) is -0.0954. The van der Waals surface area contributed by atoms with Crippen LogP contribution in [0, 0.1) is 5.92 Å². The maximum Gasteiger partial charge on any atom is 0.243 e. The largest absolute Gasteiger partial charge is 0.396 e. The van der Waals surface area contributed by atoms with Gasteiger partial charge in [0.25, 0.3) is 0 Å². The Hall–Kier alpha value is -0.330. The minimum Gasteiger partial charge on any atom is -0.396 e. The van der Waals surface area contributed by atoms with Gasteiger partial charge in [0.2, 0.25) is 10.0 Å². The molecule has 1 aromatic rings. The van der Waals surface area contributed by atoms with Crippen LogP contribution in [0.25, 0.3) is 0 Å². The summed E-state index contributed by atoms with van der Waals surface area (Å²) in [6.45, 7) is -0.0244. The molecule has 0 saturated heterocycles. The zero-order chi connectivity index (χ0) is 14.0. The van der Waals surface area contributed by atoms with Crippen molar-refractivity contribution in [2.45, 2.75) is 30.2 Å². The van der Waals surface area contributed by atoms with Crippen LogP contribution in [0.15, 0.2) is 23.1 Å². The Morgan fingerprint density at radius 1 is 1.26 bits per heavy atom. The second-order valence-corrected chi connectivity index (χ2v) is 7.12. The van der Waals surface area contributed by atoms with E-state index in [0.717, 1.165) is 12.8 Å². The summed E-state index contributed by atoms with van der Waals surface area (Å²) in [7, 11) is -3.77. The van der Waals surface area contributed by atoms with Crippen molar-refractivity contribution in [3.8, 4) is 0 Å². The van der Waals surface area contributed by atoms with E-state index in [1.165, 1.54) is 12.1 Å². The van der Waals surface area contributed by atoms with E-state index < -0.39 is 10.0 Å². The lowest BCUT2D eigenvalue weighted by atomic mass is 10.1. The van der Waals surface area contributed by atoms with Gasteiger partial charge in [-0.2, -0.15) is 0 Å². The van der Waals surface area contributed by atoms with Crippen molar-refractivity contribution in [3.05, 3.63) is 28.2 Å². The molecule has 0 aliphatic heterocycles. The van der Waals surface area contributed by atoms with Gasteiger partial charge < -0.3 is 5.11 Å². The van der Waals surface area contributed by atoms with E-state index in [2.05, 4.69) is 4.72 Å². The number of benzene rings is 1. The molecular weight excluding hydrogens is 309 g/mol. The SMILES string of the molecule is O=S(=O)(NC1CCCC1CO)c1c(Cl)cccc1Cl. The highest BCUT2D eigenvalue weighted by Crippen LogP contribution is 2.31. The Kier molecular flexibility index (Phi) is 4.74. The Morgan fingerprint density at radius 3 is 2.47 bits per heavy atom. The Bertz CT molecular complexity index is 542. The standard InChI is InChI=1S/C12H15Cl2NO3S/c13-9-4-2-5-10(14)12(9)19(17,18)15-11-6-1-3-8(11)7-16/h2,4-5,8,11,15-16H,1,3,6-7H2. The molecule has 1 fully saturated rings. The van der Waals surface area contributed by atoms with Crippen LogP contribution in [0.2, 0.25) is 10.0 Å². The number of sulfonamides is 1. The van der Waals surface area contributed by atoms with Crippen LogP contribution < -0.4 is 4.72 Å². The fraction of sp³-hybridized carbons (Fsp3) is 0.500. The van der Waals surface area contributed by atoms with Crippen molar-refractivity contribution in [3.63, 3.8) is 0 Å². The average Bonchev–Trinajstić information content (AvgIpc) is 2.74. The van der Waals surface area contributed by atoms with Crippen LogP contribution in [0.5, 0.6) is 0 Å². The van der Waals surface area contributed by atoms with Gasteiger partial charge in [0.15, 0.2) is 0 Å². The average molecular weight is 324 g/mol. The predicted molar refractivity (Wildman–Crippen MR) is 75.0 cm³/mol. The highest BCUT2D eigenvalue weighted by atomic mass is 35.5. The molecule has 1 aliphatic rings. The molecule has 4 nitrogen and oxygen atoms in total. The topological polar surface area (TPSA) is 66.4 Å². The van der Waals surface area contributed by atoms with E-state index in [-0.39, 0.29) is 33.5 Å². The van der Waals surface area contributed by atoms with Gasteiger partial charge in [-0.25, -0.2) is 13.1 Å². The Balaban J connectivity index is 2.28. The van der Waals surface area contributed by atoms with E-state index in [9.17, 15) is 13.5 Å². The Labute approximate surface area is 122 Å². The zero-order valence-corrected chi connectivity index (χ0v) is 12.5. The molecule has 2 rings (SSSR count). The molecular formula is C12H15Cl2NO3S. The fourth-order valence-corrected chi connectivity index (χ4v) is 4.89. The molecule has 2 atom stereocenters. The number of hydrogen-bond acceptors (Lipinski definition) is 3. The monoisotopic (exact) mass is 323 g/mol. The summed E-state index contributed by atoms with van der Waals surface area (Å²) in [6, 6.07) is 4.30. The second-order valence-electron chi connectivity index (χ2n) is 4.65. The fourth-order valence-electron chi connectivity index (χ4n) is 2.41. The van der Waals surface area contributed by atoms with Crippen LogP contribution in [-0.2, 0) is 10.0 Å². The van der Waals surface area contributed by atoms with Crippen molar-refractivity contribution < 1.29 is 13.5 Å². The van der Waals surface area contributed by atoms with Gasteiger partial charge >= 0.3 is 0 Å². The van der Waals surface area contributed by atoms with E-state index in [1.54, 1.807) is 6.07 Å². The number of halogens is 2. The van der Waals surface area contributed by atoms with Gasteiger partial charge in [-0.1, -0.05) is 35.7 Å². The van der Waals surface area contributed by atoms with Crippen molar-refractivity contribution >= 4 is 33.2 Å². The first kappa shape index (κ1) is 15.1. The molecule has 1 aromatic carbocycles. The lowest BCUT2D eigenvalue weighted by Crippen LogP contribution is -2.38. The molecule has 2 unspecified atom stereocenters. The number of nitrogens with one attached hydrogen (secondary N) is 1. The molecule has 0 heterocycles. The lowest BCUT2D eigenvalue weighted by molar-refractivity contribution is 0.213. The summed E-state index contributed by atoms with van der Waals surface area (Å²) in [5, 5.41) is 9.42. The van der Waals surface area contributed by atoms with Crippen LogP contribution in [0.4, 0.5) is 0 Å². The number of hydrogen-bond donors (Lipinski definition) is 2. The van der Waals surface area contributed by atoms with Crippen LogP contribution >= 0.6 is 23.2 Å². The highest BCUT2D eigenvalue weighted by molar-refractivity contribution is 7.89. The molecule has 2 N–H and O–H groups in total. The van der Waals surface area contributed by atoms with E-state index >= 15 is 0 Å². The number of aliphatic hydroxyl groups excluding tert-OH is 1. The normalized spacial score (nSPS) is 23.7. The van der Waals surface area contributed by atoms with Crippen LogP contribution in [0.1, 0.15) is 19.3 Å². The van der Waals surface area contributed by atoms with E-state index in [0.29, 0.717) is 6.42 Å². The van der Waals surface area contributed by atoms with Gasteiger partial charge in [0.05, 0.1) is 10.0 Å². The minimum atomic E-state index is -3.77. The quantitative estimate of drug-likeness (QED) is 0.894. The van der Waals surface area contributed by atoms with Crippen molar-refractivity contribution in [2.75, 3.05) is 6.61 Å². The van der Waals surface area contributed by atoms with Gasteiger partial charge in [-0.15, -0.1) is 0 Å². The lowest BCUT2D eigenvalue weighted by Gasteiger charge is -2.19. The summed E-state index contributed by atoms with van der Waals surface area (Å²) in [5.41, 5.74) is 0. The predicted octanol–water partition coefficient (Wildman–Crippen LogP) is 2.43. The van der Waals surface area contributed by atoms with Crippen LogP contribution in [-0.4, -0.2) is 26.2 Å². The van der Waals surface area contributed by atoms with Crippen molar-refractivity contribution in [1.29, 1.82) is 0 Å². The molecule has 0 spiro atoms. The highest BCUT2D eigenvalue weighted by Gasteiger charge is 2.32. The van der Waals surface area contributed by atoms with Gasteiger partial charge in [0, 0.05) is 12.6 Å². The van der Waals surface area contributed by atoms with E-state index in [1.807, 2.05) is 0 Å². The Morgan fingerprint density at radius 2 is 1.89 bits per heavy atom. The third kappa shape index (κ3) is 3.23. The van der Waals surface area contributed by atoms with Gasteiger partial charge in [0.1, 0.15) is 4.90 Å². The third-order valence-electron chi connectivity index (χ3n) is 3.39. The summed E-state index contributed by atoms with van der Waals surface area (Å²) in [6.07, 6.45) is 2.43. The number of rotatable bonds is 4. The second kappa shape index (κ2) is 5.97. The molecule has 0 amide bonds. The van der Waals surface area contributed by atoms with Crippen LogP contribution in [0.3, 0.4) is 0 Å². The molecule has 106 valence electrons. The van der Waals surface area contributed by atoms with Crippen molar-refractivity contribution in [2.24, 2.45) is 5.92 Å². The molecule has 0 bridgehead atoms. The summed E-state index contributed by atoms with van der Waals surface area (Å²) >= 11 is 11.8. The molecule has 19 heavy (non-hydrogen) atoms. The molecule has 1 aliphatic carbocycles. The summed E-state index contributed by atoms with van der Waals surface area (Å²) in [5.74, 6) is -0.0453. The molecule has 0 radical (unpaired) electrons. The maximum absolute atomic E-state index is 12.3. The third-order valence-corrected chi connectivity index (χ3v) is 5.83. The molecule has 7 heteroatoms. The van der Waals surface area contributed by atoms with Gasteiger partial charge in [-0.05, 0) is 30.9 Å². The zero-order valence-electron chi connectivity index (χ0n) is 10.1. The first-order chi connectivity index (χ1) is 8.95.